The first-order valence-electron chi connectivity index (χ1n) is 12.0. The van der Waals surface area contributed by atoms with Crippen molar-refractivity contribution in [3.05, 3.63) is 122 Å². The van der Waals surface area contributed by atoms with Gasteiger partial charge in [0.1, 0.15) is 5.75 Å². The van der Waals surface area contributed by atoms with Gasteiger partial charge in [0.05, 0.1) is 16.3 Å². The Labute approximate surface area is 253 Å². The second-order valence-electron chi connectivity index (χ2n) is 8.48. The summed E-state index contributed by atoms with van der Waals surface area (Å²) >= 11 is 16.8. The zero-order valence-electron chi connectivity index (χ0n) is 20.7. The molecular formula is C30H20BrCl2N3O3S. The third-order valence-electron chi connectivity index (χ3n) is 5.62. The van der Waals surface area contributed by atoms with Crippen molar-refractivity contribution in [2.45, 2.75) is 0 Å². The van der Waals surface area contributed by atoms with Gasteiger partial charge in [-0.1, -0.05) is 57.3 Å². The molecule has 40 heavy (non-hydrogen) atoms. The van der Waals surface area contributed by atoms with Crippen LogP contribution < -0.4 is 15.0 Å². The van der Waals surface area contributed by atoms with Crippen LogP contribution in [0, 0.1) is 0 Å². The number of rotatable bonds is 7. The van der Waals surface area contributed by atoms with Crippen LogP contribution in [0.3, 0.4) is 0 Å². The van der Waals surface area contributed by atoms with E-state index in [9.17, 15) is 9.59 Å². The van der Waals surface area contributed by atoms with E-state index in [-0.39, 0.29) is 18.4 Å². The van der Waals surface area contributed by atoms with Gasteiger partial charge in [-0.15, -0.1) is 0 Å². The van der Waals surface area contributed by atoms with Crippen LogP contribution in [0.4, 0.5) is 17.1 Å². The standard InChI is InChI=1S/C30H20BrCl2N3O3S/c31-20-6-15-26(39-18-28(37)34-23-4-2-1-3-5-23)19(16-20)17-27-29(38)36(25-13-9-22(33)10-14-25)30(40-27)35-24-11-7-21(32)8-12-24/h1-17H,18H2,(H,34,37)/b27-17-,35-30?. The molecule has 0 atom stereocenters. The fourth-order valence-electron chi connectivity index (χ4n) is 3.76. The van der Waals surface area contributed by atoms with Crippen LogP contribution in [-0.4, -0.2) is 23.6 Å². The maximum atomic E-state index is 13.7. The molecule has 0 aromatic heterocycles. The first kappa shape index (κ1) is 28.0. The van der Waals surface area contributed by atoms with Gasteiger partial charge in [0.25, 0.3) is 11.8 Å². The molecule has 6 nitrogen and oxygen atoms in total. The van der Waals surface area contributed by atoms with Crippen molar-refractivity contribution in [3.63, 3.8) is 0 Å². The van der Waals surface area contributed by atoms with Gasteiger partial charge in [0, 0.05) is 25.8 Å². The molecule has 1 N–H and O–H groups in total. The highest BCUT2D eigenvalue weighted by molar-refractivity contribution is 9.10. The minimum absolute atomic E-state index is 0.200. The molecule has 200 valence electrons. The molecule has 0 unspecified atom stereocenters. The Kier molecular flexibility index (Phi) is 8.91. The monoisotopic (exact) mass is 651 g/mol. The summed E-state index contributed by atoms with van der Waals surface area (Å²) in [6.45, 7) is -0.200. The molecule has 1 heterocycles. The normalized spacial score (nSPS) is 15.1. The molecule has 1 saturated heterocycles. The third-order valence-corrected chi connectivity index (χ3v) is 7.58. The number of amidine groups is 1. The number of para-hydroxylation sites is 1. The van der Waals surface area contributed by atoms with E-state index in [1.165, 1.54) is 16.7 Å². The molecule has 0 spiro atoms. The van der Waals surface area contributed by atoms with Gasteiger partial charge in [-0.05, 0) is 96.7 Å². The predicted octanol–water partition coefficient (Wildman–Crippen LogP) is 8.58. The van der Waals surface area contributed by atoms with Crippen molar-refractivity contribution in [2.24, 2.45) is 4.99 Å². The summed E-state index contributed by atoms with van der Waals surface area (Å²) in [5.74, 6) is -0.105. The minimum Gasteiger partial charge on any atom is -0.483 e. The summed E-state index contributed by atoms with van der Waals surface area (Å²) in [6.07, 6.45) is 1.73. The number of thioether (sulfide) groups is 1. The van der Waals surface area contributed by atoms with Gasteiger partial charge in [-0.25, -0.2) is 4.99 Å². The molecule has 0 saturated carbocycles. The second kappa shape index (κ2) is 12.7. The molecule has 1 fully saturated rings. The summed E-state index contributed by atoms with van der Waals surface area (Å²) in [7, 11) is 0. The minimum atomic E-state index is -0.301. The molecule has 0 bridgehead atoms. The van der Waals surface area contributed by atoms with E-state index in [1.54, 1.807) is 72.8 Å². The fraction of sp³-hybridized carbons (Fsp3) is 0.0333. The molecule has 4 aromatic rings. The topological polar surface area (TPSA) is 71.0 Å². The Bertz CT molecular complexity index is 1610. The summed E-state index contributed by atoms with van der Waals surface area (Å²) in [4.78, 5) is 32.8. The summed E-state index contributed by atoms with van der Waals surface area (Å²) < 4.78 is 6.65. The largest absolute Gasteiger partial charge is 0.483 e. The van der Waals surface area contributed by atoms with E-state index in [0.29, 0.717) is 48.5 Å². The second-order valence-corrected chi connectivity index (χ2v) is 11.3. The van der Waals surface area contributed by atoms with E-state index in [0.717, 1.165) is 4.47 Å². The van der Waals surface area contributed by atoms with Gasteiger partial charge < -0.3 is 10.1 Å². The van der Waals surface area contributed by atoms with E-state index in [2.05, 4.69) is 21.2 Å². The number of halogens is 3. The summed E-state index contributed by atoms with van der Waals surface area (Å²) in [5, 5.41) is 4.42. The number of carbonyl (C=O) groups is 2. The zero-order chi connectivity index (χ0) is 28.1. The van der Waals surface area contributed by atoms with Gasteiger partial charge in [0.15, 0.2) is 11.8 Å². The lowest BCUT2D eigenvalue weighted by molar-refractivity contribution is -0.118. The fourth-order valence-corrected chi connectivity index (χ4v) is 5.38. The van der Waals surface area contributed by atoms with Crippen molar-refractivity contribution < 1.29 is 14.3 Å². The molecule has 4 aromatic carbocycles. The van der Waals surface area contributed by atoms with Crippen LogP contribution in [0.5, 0.6) is 5.75 Å². The Morgan fingerprint density at radius 1 is 0.950 bits per heavy atom. The molecule has 5 rings (SSSR count). The van der Waals surface area contributed by atoms with Crippen LogP contribution in [-0.2, 0) is 9.59 Å². The third kappa shape index (κ3) is 6.95. The first-order valence-corrected chi connectivity index (χ1v) is 14.3. The Balaban J connectivity index is 1.44. The molecular weight excluding hydrogens is 633 g/mol. The highest BCUT2D eigenvalue weighted by Gasteiger charge is 2.35. The van der Waals surface area contributed by atoms with Crippen molar-refractivity contribution in [1.29, 1.82) is 0 Å². The number of anilines is 2. The van der Waals surface area contributed by atoms with Gasteiger partial charge in [-0.2, -0.15) is 0 Å². The van der Waals surface area contributed by atoms with Crippen molar-refractivity contribution in [3.8, 4) is 5.75 Å². The van der Waals surface area contributed by atoms with Crippen LogP contribution in [0.1, 0.15) is 5.56 Å². The van der Waals surface area contributed by atoms with E-state index < -0.39 is 0 Å². The smallest absolute Gasteiger partial charge is 0.271 e. The average molecular weight is 653 g/mol. The molecule has 0 aliphatic carbocycles. The maximum absolute atomic E-state index is 13.7. The molecule has 0 radical (unpaired) electrons. The Hall–Kier alpha value is -3.56. The number of aliphatic imine (C=N–C) groups is 1. The number of nitrogens with zero attached hydrogens (tertiary/aromatic N) is 2. The van der Waals surface area contributed by atoms with E-state index in [1.807, 2.05) is 30.3 Å². The molecule has 10 heteroatoms. The Morgan fingerprint density at radius 2 is 1.62 bits per heavy atom. The van der Waals surface area contributed by atoms with Crippen LogP contribution in [0.2, 0.25) is 10.0 Å². The molecule has 2 amide bonds. The number of amides is 2. The average Bonchev–Trinajstić information content (AvgIpc) is 3.24. The summed E-state index contributed by atoms with van der Waals surface area (Å²) in [5.41, 5.74) is 2.58. The SMILES string of the molecule is O=C(COc1ccc(Br)cc1/C=C1\SC(=Nc2ccc(Cl)cc2)N(c2ccc(Cl)cc2)C1=O)Nc1ccccc1. The van der Waals surface area contributed by atoms with Crippen LogP contribution in [0.25, 0.3) is 6.08 Å². The van der Waals surface area contributed by atoms with Gasteiger partial charge >= 0.3 is 0 Å². The van der Waals surface area contributed by atoms with E-state index >= 15 is 0 Å². The highest BCUT2D eigenvalue weighted by Crippen LogP contribution is 2.39. The quantitative estimate of drug-likeness (QED) is 0.203. The first-order chi connectivity index (χ1) is 19.4. The van der Waals surface area contributed by atoms with Gasteiger partial charge in [0.2, 0.25) is 0 Å². The number of carbonyl (C=O) groups excluding carboxylic acids is 2. The lowest BCUT2D eigenvalue weighted by atomic mass is 10.2. The van der Waals surface area contributed by atoms with Gasteiger partial charge in [-0.3, -0.25) is 14.5 Å². The highest BCUT2D eigenvalue weighted by atomic mass is 79.9. The lowest BCUT2D eigenvalue weighted by Gasteiger charge is -2.15. The predicted molar refractivity (Wildman–Crippen MR) is 168 cm³/mol. The number of hydrogen-bond donors (Lipinski definition) is 1. The number of ether oxygens (including phenoxy) is 1. The van der Waals surface area contributed by atoms with Crippen LogP contribution in [0.15, 0.2) is 111 Å². The number of hydrogen-bond acceptors (Lipinski definition) is 5. The summed E-state index contributed by atoms with van der Waals surface area (Å²) in [6, 6.07) is 28.5. The number of nitrogens with one attached hydrogen (secondary N) is 1. The lowest BCUT2D eigenvalue weighted by Crippen LogP contribution is -2.28. The Morgan fingerprint density at radius 3 is 2.33 bits per heavy atom. The molecule has 1 aliphatic rings. The molecule has 1 aliphatic heterocycles. The van der Waals surface area contributed by atoms with Crippen molar-refractivity contribution in [2.75, 3.05) is 16.8 Å². The number of benzene rings is 4. The van der Waals surface area contributed by atoms with Crippen molar-refractivity contribution in [1.82, 2.24) is 0 Å². The maximum Gasteiger partial charge on any atom is 0.271 e. The van der Waals surface area contributed by atoms with E-state index in [4.69, 9.17) is 32.9 Å². The van der Waals surface area contributed by atoms with Crippen LogP contribution >= 0.6 is 50.9 Å². The zero-order valence-corrected chi connectivity index (χ0v) is 24.6. The van der Waals surface area contributed by atoms with Crippen molar-refractivity contribution >= 4 is 91.0 Å².